The summed E-state index contributed by atoms with van der Waals surface area (Å²) >= 11 is 0. The maximum atomic E-state index is 9.08. The van der Waals surface area contributed by atoms with Gasteiger partial charge in [-0.05, 0) is 38.1 Å². The van der Waals surface area contributed by atoms with Crippen LogP contribution in [0.3, 0.4) is 0 Å². The van der Waals surface area contributed by atoms with Crippen molar-refractivity contribution in [3.63, 3.8) is 0 Å². The van der Waals surface area contributed by atoms with Crippen LogP contribution in [0.4, 0.5) is 0 Å². The lowest BCUT2D eigenvalue weighted by atomic mass is 9.88. The van der Waals surface area contributed by atoms with Crippen LogP contribution in [0, 0.1) is 5.92 Å². The molecule has 0 heterocycles. The molecular weight excluding hydrogens is 114 g/mol. The SMILES string of the molecule is NCC1CCC(O)CC1. The first-order valence-corrected chi connectivity index (χ1v) is 3.71. The van der Waals surface area contributed by atoms with Gasteiger partial charge in [0.25, 0.3) is 0 Å². The Morgan fingerprint density at radius 2 is 1.78 bits per heavy atom. The summed E-state index contributed by atoms with van der Waals surface area (Å²) in [6, 6.07) is 0. The van der Waals surface area contributed by atoms with Crippen molar-refractivity contribution in [3.05, 3.63) is 0 Å². The minimum absolute atomic E-state index is 0.0344. The zero-order chi connectivity index (χ0) is 6.69. The van der Waals surface area contributed by atoms with E-state index in [1.54, 1.807) is 0 Å². The maximum absolute atomic E-state index is 9.08. The van der Waals surface area contributed by atoms with Crippen molar-refractivity contribution in [3.8, 4) is 0 Å². The summed E-state index contributed by atoms with van der Waals surface area (Å²) in [5.41, 5.74) is 5.47. The van der Waals surface area contributed by atoms with Gasteiger partial charge < -0.3 is 10.8 Å². The van der Waals surface area contributed by atoms with Crippen molar-refractivity contribution in [2.45, 2.75) is 31.8 Å². The second kappa shape index (κ2) is 3.18. The van der Waals surface area contributed by atoms with Crippen LogP contribution >= 0.6 is 0 Å². The number of aliphatic hydroxyl groups excluding tert-OH is 1. The van der Waals surface area contributed by atoms with Crippen LogP contribution in [0.2, 0.25) is 0 Å². The van der Waals surface area contributed by atoms with Gasteiger partial charge in [-0.25, -0.2) is 0 Å². The number of hydrogen-bond donors (Lipinski definition) is 2. The molecule has 0 amide bonds. The largest absolute Gasteiger partial charge is 0.393 e. The molecule has 0 aromatic heterocycles. The molecule has 3 N–H and O–H groups in total. The molecule has 0 bridgehead atoms. The van der Waals surface area contributed by atoms with E-state index in [4.69, 9.17) is 10.8 Å². The van der Waals surface area contributed by atoms with Gasteiger partial charge in [0.05, 0.1) is 6.10 Å². The van der Waals surface area contributed by atoms with Crippen LogP contribution in [0.1, 0.15) is 25.7 Å². The fourth-order valence-electron chi connectivity index (χ4n) is 1.38. The van der Waals surface area contributed by atoms with E-state index in [0.29, 0.717) is 5.92 Å². The van der Waals surface area contributed by atoms with Gasteiger partial charge in [0, 0.05) is 0 Å². The van der Waals surface area contributed by atoms with Gasteiger partial charge in [0.1, 0.15) is 0 Å². The van der Waals surface area contributed by atoms with Crippen molar-refractivity contribution >= 4 is 0 Å². The molecule has 1 fully saturated rings. The topological polar surface area (TPSA) is 46.2 Å². The molecule has 1 saturated carbocycles. The zero-order valence-electron chi connectivity index (χ0n) is 5.71. The molecule has 0 radical (unpaired) electrons. The molecule has 0 saturated heterocycles. The molecule has 0 atom stereocenters. The predicted octanol–water partition coefficient (Wildman–Crippen LogP) is 0.496. The molecule has 1 aliphatic carbocycles. The normalized spacial score (nSPS) is 36.7. The van der Waals surface area contributed by atoms with Gasteiger partial charge in [-0.2, -0.15) is 0 Å². The molecule has 0 aromatic carbocycles. The van der Waals surface area contributed by atoms with Crippen LogP contribution in [-0.2, 0) is 0 Å². The Balaban J connectivity index is 2.18. The predicted molar refractivity (Wildman–Crippen MR) is 37.0 cm³/mol. The average molecular weight is 129 g/mol. The summed E-state index contributed by atoms with van der Waals surface area (Å²) in [6.45, 7) is 0.798. The Morgan fingerprint density at radius 3 is 2.22 bits per heavy atom. The molecule has 0 aromatic rings. The second-order valence-corrected chi connectivity index (χ2v) is 2.91. The van der Waals surface area contributed by atoms with Crippen LogP contribution in [-0.4, -0.2) is 17.8 Å². The molecule has 0 unspecified atom stereocenters. The van der Waals surface area contributed by atoms with E-state index in [0.717, 1.165) is 32.2 Å². The first kappa shape index (κ1) is 7.03. The summed E-state index contributed by atoms with van der Waals surface area (Å²) in [5.74, 6) is 0.688. The number of nitrogens with two attached hydrogens (primary N) is 1. The van der Waals surface area contributed by atoms with Crippen molar-refractivity contribution < 1.29 is 5.11 Å². The smallest absolute Gasteiger partial charge is 0.0540 e. The lowest BCUT2D eigenvalue weighted by Crippen LogP contribution is -2.23. The zero-order valence-corrected chi connectivity index (χ0v) is 5.71. The van der Waals surface area contributed by atoms with E-state index in [-0.39, 0.29) is 6.10 Å². The van der Waals surface area contributed by atoms with Crippen molar-refractivity contribution in [1.29, 1.82) is 0 Å². The number of aliphatic hydroxyl groups is 1. The van der Waals surface area contributed by atoms with Gasteiger partial charge >= 0.3 is 0 Å². The highest BCUT2D eigenvalue weighted by Gasteiger charge is 2.17. The quantitative estimate of drug-likeness (QED) is 0.541. The lowest BCUT2D eigenvalue weighted by Gasteiger charge is -2.23. The van der Waals surface area contributed by atoms with Crippen molar-refractivity contribution in [1.82, 2.24) is 0 Å². The van der Waals surface area contributed by atoms with E-state index < -0.39 is 0 Å². The van der Waals surface area contributed by atoms with E-state index in [2.05, 4.69) is 0 Å². The Hall–Kier alpha value is -0.0800. The van der Waals surface area contributed by atoms with Crippen LogP contribution < -0.4 is 5.73 Å². The summed E-state index contributed by atoms with van der Waals surface area (Å²) < 4.78 is 0. The summed E-state index contributed by atoms with van der Waals surface area (Å²) in [6.07, 6.45) is 4.13. The van der Waals surface area contributed by atoms with Crippen LogP contribution in [0.5, 0.6) is 0 Å². The van der Waals surface area contributed by atoms with Gasteiger partial charge in [0.2, 0.25) is 0 Å². The number of rotatable bonds is 1. The molecule has 9 heavy (non-hydrogen) atoms. The molecule has 2 heteroatoms. The maximum Gasteiger partial charge on any atom is 0.0540 e. The molecule has 0 spiro atoms. The number of hydrogen-bond acceptors (Lipinski definition) is 2. The Bertz CT molecular complexity index is 77.0. The van der Waals surface area contributed by atoms with Gasteiger partial charge in [-0.3, -0.25) is 0 Å². The van der Waals surface area contributed by atoms with E-state index in [1.807, 2.05) is 0 Å². The molecule has 1 rings (SSSR count). The highest BCUT2D eigenvalue weighted by Crippen LogP contribution is 2.22. The molecule has 54 valence electrons. The Labute approximate surface area is 56.1 Å². The van der Waals surface area contributed by atoms with Gasteiger partial charge in [0.15, 0.2) is 0 Å². The third kappa shape index (κ3) is 1.95. The standard InChI is InChI=1S/C7H15NO/c8-5-6-1-3-7(9)4-2-6/h6-7,9H,1-5,8H2. The van der Waals surface area contributed by atoms with E-state index >= 15 is 0 Å². The van der Waals surface area contributed by atoms with E-state index in [9.17, 15) is 0 Å². The summed E-state index contributed by atoms with van der Waals surface area (Å²) in [7, 11) is 0. The third-order valence-corrected chi connectivity index (χ3v) is 2.15. The van der Waals surface area contributed by atoms with E-state index in [1.165, 1.54) is 0 Å². The first-order valence-electron chi connectivity index (χ1n) is 3.71. The monoisotopic (exact) mass is 129 g/mol. The minimum Gasteiger partial charge on any atom is -0.393 e. The highest BCUT2D eigenvalue weighted by atomic mass is 16.3. The minimum atomic E-state index is -0.0344. The molecule has 2 nitrogen and oxygen atoms in total. The molecular formula is C7H15NO. The van der Waals surface area contributed by atoms with Gasteiger partial charge in [-0.1, -0.05) is 0 Å². The first-order chi connectivity index (χ1) is 4.33. The van der Waals surface area contributed by atoms with Crippen LogP contribution in [0.25, 0.3) is 0 Å². The van der Waals surface area contributed by atoms with Crippen molar-refractivity contribution in [2.75, 3.05) is 6.54 Å². The third-order valence-electron chi connectivity index (χ3n) is 2.15. The van der Waals surface area contributed by atoms with Crippen LogP contribution in [0.15, 0.2) is 0 Å². The Kier molecular flexibility index (Phi) is 2.49. The fraction of sp³-hybridized carbons (Fsp3) is 1.00. The highest BCUT2D eigenvalue weighted by molar-refractivity contribution is 4.71. The molecule has 1 aliphatic rings. The van der Waals surface area contributed by atoms with Crippen molar-refractivity contribution in [2.24, 2.45) is 11.7 Å². The average Bonchev–Trinajstić information content (AvgIpc) is 1.90. The van der Waals surface area contributed by atoms with Gasteiger partial charge in [-0.15, -0.1) is 0 Å². The molecule has 0 aliphatic heterocycles. The lowest BCUT2D eigenvalue weighted by molar-refractivity contribution is 0.110. The summed E-state index contributed by atoms with van der Waals surface area (Å²) in [4.78, 5) is 0. The second-order valence-electron chi connectivity index (χ2n) is 2.91. The fourth-order valence-corrected chi connectivity index (χ4v) is 1.38. The summed E-state index contributed by atoms with van der Waals surface area (Å²) in [5, 5.41) is 9.08. The Morgan fingerprint density at radius 1 is 1.22 bits per heavy atom.